The molecule has 0 radical (unpaired) electrons. The number of aromatic nitrogens is 2. The quantitative estimate of drug-likeness (QED) is 0.872. The second-order valence-electron chi connectivity index (χ2n) is 4.80. The molecule has 0 saturated heterocycles. The van der Waals surface area contributed by atoms with Crippen LogP contribution in [0.4, 0.5) is 0 Å². The minimum atomic E-state index is -0.378. The van der Waals surface area contributed by atoms with Crippen molar-refractivity contribution in [2.24, 2.45) is 0 Å². The molecular weight excluding hydrogens is 212 g/mol. The highest BCUT2D eigenvalue weighted by Crippen LogP contribution is 2.39. The van der Waals surface area contributed by atoms with Gasteiger partial charge in [0, 0.05) is 12.4 Å². The number of para-hydroxylation sites is 1. The lowest BCUT2D eigenvalue weighted by molar-refractivity contribution is 0.140. The highest BCUT2D eigenvalue weighted by molar-refractivity contribution is 5.40. The van der Waals surface area contributed by atoms with Crippen molar-refractivity contribution in [1.29, 1.82) is 0 Å². The van der Waals surface area contributed by atoms with Gasteiger partial charge in [-0.15, -0.1) is 0 Å². The maximum Gasteiger partial charge on any atom is 0.0677 e. The van der Waals surface area contributed by atoms with Crippen LogP contribution in [0.3, 0.4) is 0 Å². The Morgan fingerprint density at radius 2 is 2.06 bits per heavy atom. The zero-order valence-electron chi connectivity index (χ0n) is 9.71. The molecule has 3 rings (SSSR count). The van der Waals surface area contributed by atoms with Crippen LogP contribution < -0.4 is 0 Å². The topological polar surface area (TPSA) is 38.0 Å². The lowest BCUT2D eigenvalue weighted by Gasteiger charge is -2.11. The van der Waals surface area contributed by atoms with Crippen LogP contribution in [-0.2, 0) is 6.42 Å². The highest BCUT2D eigenvalue weighted by Gasteiger charge is 2.39. The first kappa shape index (κ1) is 10.5. The SMILES string of the molecule is OC1(CCc2ccccc2-n2cccn2)CC1. The van der Waals surface area contributed by atoms with Crippen LogP contribution in [0.2, 0.25) is 0 Å². The molecule has 88 valence electrons. The third kappa shape index (κ3) is 2.24. The predicted octanol–water partition coefficient (Wildman–Crippen LogP) is 2.33. The first-order chi connectivity index (χ1) is 8.27. The van der Waals surface area contributed by atoms with Gasteiger partial charge in [0.15, 0.2) is 0 Å². The number of aliphatic hydroxyl groups is 1. The van der Waals surface area contributed by atoms with Gasteiger partial charge in [-0.1, -0.05) is 18.2 Å². The number of aryl methyl sites for hydroxylation is 1. The minimum absolute atomic E-state index is 0.378. The zero-order chi connectivity index (χ0) is 11.7. The van der Waals surface area contributed by atoms with Crippen molar-refractivity contribution in [1.82, 2.24) is 9.78 Å². The first-order valence-electron chi connectivity index (χ1n) is 6.07. The second-order valence-corrected chi connectivity index (χ2v) is 4.80. The zero-order valence-corrected chi connectivity index (χ0v) is 9.71. The van der Waals surface area contributed by atoms with E-state index in [0.717, 1.165) is 31.4 Å². The smallest absolute Gasteiger partial charge is 0.0677 e. The van der Waals surface area contributed by atoms with Gasteiger partial charge in [-0.25, -0.2) is 4.68 Å². The van der Waals surface area contributed by atoms with E-state index in [2.05, 4.69) is 17.2 Å². The van der Waals surface area contributed by atoms with Crippen LogP contribution in [0.15, 0.2) is 42.7 Å². The van der Waals surface area contributed by atoms with Gasteiger partial charge in [0.1, 0.15) is 0 Å². The maximum atomic E-state index is 9.89. The Morgan fingerprint density at radius 1 is 1.24 bits per heavy atom. The largest absolute Gasteiger partial charge is 0.390 e. The number of hydrogen-bond donors (Lipinski definition) is 1. The van der Waals surface area contributed by atoms with Crippen molar-refractivity contribution in [2.75, 3.05) is 0 Å². The summed E-state index contributed by atoms with van der Waals surface area (Å²) in [6.07, 6.45) is 7.40. The summed E-state index contributed by atoms with van der Waals surface area (Å²) in [5, 5.41) is 14.2. The summed E-state index contributed by atoms with van der Waals surface area (Å²) in [6.45, 7) is 0. The third-order valence-electron chi connectivity index (χ3n) is 3.43. The van der Waals surface area contributed by atoms with E-state index < -0.39 is 0 Å². The number of hydrogen-bond acceptors (Lipinski definition) is 2. The second kappa shape index (κ2) is 4.00. The van der Waals surface area contributed by atoms with E-state index in [1.165, 1.54) is 5.56 Å². The summed E-state index contributed by atoms with van der Waals surface area (Å²) in [6, 6.07) is 10.2. The highest BCUT2D eigenvalue weighted by atomic mass is 16.3. The van der Waals surface area contributed by atoms with E-state index in [9.17, 15) is 5.11 Å². The van der Waals surface area contributed by atoms with Crippen LogP contribution in [0.1, 0.15) is 24.8 Å². The Kier molecular flexibility index (Phi) is 2.48. The molecule has 1 heterocycles. The van der Waals surface area contributed by atoms with E-state index in [1.54, 1.807) is 6.20 Å². The maximum absolute atomic E-state index is 9.89. The minimum Gasteiger partial charge on any atom is -0.390 e. The molecule has 0 atom stereocenters. The molecule has 17 heavy (non-hydrogen) atoms. The molecule has 1 aliphatic carbocycles. The van der Waals surface area contributed by atoms with Crippen molar-refractivity contribution < 1.29 is 5.11 Å². The summed E-state index contributed by atoms with van der Waals surface area (Å²) >= 11 is 0. The summed E-state index contributed by atoms with van der Waals surface area (Å²) in [4.78, 5) is 0. The summed E-state index contributed by atoms with van der Waals surface area (Å²) in [7, 11) is 0. The van der Waals surface area contributed by atoms with Crippen molar-refractivity contribution >= 4 is 0 Å². The molecule has 0 bridgehead atoms. The first-order valence-corrected chi connectivity index (χ1v) is 6.07. The van der Waals surface area contributed by atoms with Crippen molar-refractivity contribution in [3.05, 3.63) is 48.3 Å². The molecule has 3 nitrogen and oxygen atoms in total. The Morgan fingerprint density at radius 3 is 2.76 bits per heavy atom. The van der Waals surface area contributed by atoms with Crippen LogP contribution >= 0.6 is 0 Å². The Hall–Kier alpha value is -1.61. The van der Waals surface area contributed by atoms with E-state index >= 15 is 0 Å². The fourth-order valence-corrected chi connectivity index (χ4v) is 2.12. The van der Waals surface area contributed by atoms with Gasteiger partial charge in [-0.05, 0) is 43.4 Å². The lowest BCUT2D eigenvalue weighted by atomic mass is 10.0. The van der Waals surface area contributed by atoms with Crippen molar-refractivity contribution in [2.45, 2.75) is 31.3 Å². The van der Waals surface area contributed by atoms with Gasteiger partial charge in [0.25, 0.3) is 0 Å². The van der Waals surface area contributed by atoms with Gasteiger partial charge in [0.05, 0.1) is 11.3 Å². The fraction of sp³-hybridized carbons (Fsp3) is 0.357. The molecule has 0 amide bonds. The van der Waals surface area contributed by atoms with Crippen LogP contribution in [0.5, 0.6) is 0 Å². The molecule has 2 aromatic rings. The van der Waals surface area contributed by atoms with Crippen LogP contribution in [0, 0.1) is 0 Å². The summed E-state index contributed by atoms with van der Waals surface area (Å²) in [5.74, 6) is 0. The van der Waals surface area contributed by atoms with Crippen LogP contribution in [0.25, 0.3) is 5.69 Å². The molecular formula is C14H16N2O. The average Bonchev–Trinajstić information content (AvgIpc) is 2.88. The van der Waals surface area contributed by atoms with Crippen molar-refractivity contribution in [3.8, 4) is 5.69 Å². The van der Waals surface area contributed by atoms with E-state index in [4.69, 9.17) is 0 Å². The Labute approximate surface area is 101 Å². The molecule has 3 heteroatoms. The predicted molar refractivity (Wildman–Crippen MR) is 66.1 cm³/mol. The normalized spacial score (nSPS) is 17.0. The average molecular weight is 228 g/mol. The fourth-order valence-electron chi connectivity index (χ4n) is 2.12. The standard InChI is InChI=1S/C14H16N2O/c17-14(8-9-14)7-6-12-4-1-2-5-13(12)16-11-3-10-15-16/h1-5,10-11,17H,6-9H2. The molecule has 1 aliphatic rings. The Bertz CT molecular complexity index is 501. The molecule has 0 aliphatic heterocycles. The molecule has 1 fully saturated rings. The molecule has 1 N–H and O–H groups in total. The van der Waals surface area contributed by atoms with Gasteiger partial charge in [-0.3, -0.25) is 0 Å². The summed E-state index contributed by atoms with van der Waals surface area (Å²) in [5.41, 5.74) is 1.98. The lowest BCUT2D eigenvalue weighted by Crippen LogP contribution is -2.09. The number of benzene rings is 1. The Balaban J connectivity index is 1.83. The third-order valence-corrected chi connectivity index (χ3v) is 3.43. The van der Waals surface area contributed by atoms with Crippen molar-refractivity contribution in [3.63, 3.8) is 0 Å². The molecule has 1 saturated carbocycles. The molecule has 1 aromatic carbocycles. The summed E-state index contributed by atoms with van der Waals surface area (Å²) < 4.78 is 1.88. The number of rotatable bonds is 4. The molecule has 0 unspecified atom stereocenters. The van der Waals surface area contributed by atoms with E-state index in [0.29, 0.717) is 0 Å². The van der Waals surface area contributed by atoms with Crippen LogP contribution in [-0.4, -0.2) is 20.5 Å². The molecule has 0 spiro atoms. The van der Waals surface area contributed by atoms with E-state index in [1.807, 2.05) is 29.1 Å². The van der Waals surface area contributed by atoms with E-state index in [-0.39, 0.29) is 5.60 Å². The van der Waals surface area contributed by atoms with Gasteiger partial charge >= 0.3 is 0 Å². The molecule has 1 aromatic heterocycles. The van der Waals surface area contributed by atoms with Gasteiger partial charge in [-0.2, -0.15) is 5.10 Å². The van der Waals surface area contributed by atoms with Gasteiger partial charge < -0.3 is 5.11 Å². The monoisotopic (exact) mass is 228 g/mol. The number of nitrogens with zero attached hydrogens (tertiary/aromatic N) is 2. The van der Waals surface area contributed by atoms with Gasteiger partial charge in [0.2, 0.25) is 0 Å².